The minimum atomic E-state index is -1.01. The summed E-state index contributed by atoms with van der Waals surface area (Å²) in [7, 11) is 0. The number of hydrogen-bond donors (Lipinski definition) is 1. The quantitative estimate of drug-likeness (QED) is 0.769. The normalized spacial score (nSPS) is 10.9. The minimum Gasteiger partial charge on any atom is -0.477 e. The second-order valence-electron chi connectivity index (χ2n) is 4.47. The van der Waals surface area contributed by atoms with Gasteiger partial charge in [0.1, 0.15) is 11.5 Å². The van der Waals surface area contributed by atoms with Crippen molar-refractivity contribution >= 4 is 11.6 Å². The molecule has 0 aliphatic rings. The number of aromatic carboxylic acids is 1. The number of carbonyl (C=O) groups is 1. The molecule has 20 heavy (non-hydrogen) atoms. The van der Waals surface area contributed by atoms with E-state index in [0.29, 0.717) is 17.2 Å². The zero-order valence-electron chi connectivity index (χ0n) is 11.0. The summed E-state index contributed by atoms with van der Waals surface area (Å²) in [5.74, 6) is -0.423. The lowest BCUT2D eigenvalue weighted by molar-refractivity contribution is 0.0688. The van der Waals surface area contributed by atoms with Crippen molar-refractivity contribution in [1.82, 2.24) is 19.4 Å². The molecule has 0 saturated carbocycles. The van der Waals surface area contributed by atoms with Gasteiger partial charge in [0.2, 0.25) is 0 Å². The number of pyridine rings is 1. The van der Waals surface area contributed by atoms with Gasteiger partial charge >= 0.3 is 5.97 Å². The second kappa shape index (κ2) is 4.41. The maximum atomic E-state index is 11.3. The predicted molar refractivity (Wildman–Crippen MR) is 72.7 cm³/mol. The van der Waals surface area contributed by atoms with Gasteiger partial charge in [-0.05, 0) is 26.0 Å². The molecule has 0 unspecified atom stereocenters. The summed E-state index contributed by atoms with van der Waals surface area (Å²) >= 11 is 0. The van der Waals surface area contributed by atoms with Crippen LogP contribution in [-0.4, -0.2) is 30.4 Å². The lowest BCUT2D eigenvalue weighted by atomic mass is 10.2. The number of carboxylic acid groups (broad SMARTS) is 1. The first kappa shape index (κ1) is 12.3. The standard InChI is InChI=1S/C14H12N4O2/c1-8-13(14(19)20)18-9(2)17-11(6-12(18)16-8)10-4-3-5-15-7-10/h3-7H,1-2H3,(H,19,20). The molecule has 0 bridgehead atoms. The minimum absolute atomic E-state index is 0.155. The van der Waals surface area contributed by atoms with E-state index in [1.54, 1.807) is 36.7 Å². The van der Waals surface area contributed by atoms with E-state index in [0.717, 1.165) is 11.3 Å². The fourth-order valence-corrected chi connectivity index (χ4v) is 2.27. The van der Waals surface area contributed by atoms with E-state index in [9.17, 15) is 9.90 Å². The Bertz CT molecular complexity index is 809. The molecule has 100 valence electrons. The average Bonchev–Trinajstić information content (AvgIpc) is 2.76. The molecule has 1 N–H and O–H groups in total. The fourth-order valence-electron chi connectivity index (χ4n) is 2.27. The molecule has 0 fully saturated rings. The Hall–Kier alpha value is -2.76. The number of aromatic nitrogens is 4. The number of hydrogen-bond acceptors (Lipinski definition) is 4. The number of imidazole rings is 1. The number of carboxylic acids is 1. The number of fused-ring (bicyclic) bond motifs is 1. The Kier molecular flexibility index (Phi) is 2.71. The lowest BCUT2D eigenvalue weighted by Gasteiger charge is -2.06. The second-order valence-corrected chi connectivity index (χ2v) is 4.47. The summed E-state index contributed by atoms with van der Waals surface area (Å²) in [5.41, 5.74) is 2.81. The molecule has 0 spiro atoms. The maximum absolute atomic E-state index is 11.3. The molecule has 0 amide bonds. The Labute approximate surface area is 114 Å². The lowest BCUT2D eigenvalue weighted by Crippen LogP contribution is -2.07. The van der Waals surface area contributed by atoms with Crippen molar-refractivity contribution in [3.63, 3.8) is 0 Å². The van der Waals surface area contributed by atoms with E-state index >= 15 is 0 Å². The molecular weight excluding hydrogens is 256 g/mol. The van der Waals surface area contributed by atoms with E-state index < -0.39 is 5.97 Å². The van der Waals surface area contributed by atoms with Gasteiger partial charge in [-0.2, -0.15) is 0 Å². The molecule has 3 aromatic heterocycles. The highest BCUT2D eigenvalue weighted by atomic mass is 16.4. The summed E-state index contributed by atoms with van der Waals surface area (Å²) in [6, 6.07) is 5.50. The van der Waals surface area contributed by atoms with Gasteiger partial charge in [-0.1, -0.05) is 0 Å². The number of aryl methyl sites for hydroxylation is 2. The highest BCUT2D eigenvalue weighted by Gasteiger charge is 2.18. The van der Waals surface area contributed by atoms with Crippen molar-refractivity contribution in [2.75, 3.05) is 0 Å². The molecule has 3 heterocycles. The third kappa shape index (κ3) is 1.82. The smallest absolute Gasteiger partial charge is 0.354 e. The summed E-state index contributed by atoms with van der Waals surface area (Å²) < 4.78 is 1.55. The monoisotopic (exact) mass is 268 g/mol. The molecule has 0 atom stereocenters. The van der Waals surface area contributed by atoms with Gasteiger partial charge in [-0.15, -0.1) is 0 Å². The van der Waals surface area contributed by atoms with E-state index in [4.69, 9.17) is 0 Å². The summed E-state index contributed by atoms with van der Waals surface area (Å²) in [4.78, 5) is 24.1. The van der Waals surface area contributed by atoms with Crippen LogP contribution in [0.3, 0.4) is 0 Å². The summed E-state index contributed by atoms with van der Waals surface area (Å²) in [6.07, 6.45) is 3.41. The van der Waals surface area contributed by atoms with Gasteiger partial charge in [0.25, 0.3) is 0 Å². The van der Waals surface area contributed by atoms with Gasteiger partial charge in [0, 0.05) is 24.0 Å². The van der Waals surface area contributed by atoms with Crippen LogP contribution in [0.25, 0.3) is 16.9 Å². The van der Waals surface area contributed by atoms with E-state index in [1.165, 1.54) is 0 Å². The van der Waals surface area contributed by atoms with Gasteiger partial charge in [-0.3, -0.25) is 9.38 Å². The van der Waals surface area contributed by atoms with Crippen molar-refractivity contribution < 1.29 is 9.90 Å². The van der Waals surface area contributed by atoms with Gasteiger partial charge < -0.3 is 5.11 Å². The third-order valence-corrected chi connectivity index (χ3v) is 3.11. The molecule has 0 aliphatic heterocycles. The number of rotatable bonds is 2. The van der Waals surface area contributed by atoms with Crippen LogP contribution >= 0.6 is 0 Å². The highest BCUT2D eigenvalue weighted by molar-refractivity contribution is 5.88. The Morgan fingerprint density at radius 2 is 2.10 bits per heavy atom. The van der Waals surface area contributed by atoms with E-state index in [1.807, 2.05) is 12.1 Å². The SMILES string of the molecule is Cc1nc2cc(-c3cccnc3)nc(C)n2c1C(=O)O. The van der Waals surface area contributed by atoms with Gasteiger partial charge in [0.15, 0.2) is 5.69 Å². The first-order chi connectivity index (χ1) is 9.58. The van der Waals surface area contributed by atoms with Crippen molar-refractivity contribution in [3.8, 4) is 11.3 Å². The molecule has 3 rings (SSSR count). The van der Waals surface area contributed by atoms with Crippen LogP contribution in [-0.2, 0) is 0 Å². The number of nitrogens with zero attached hydrogens (tertiary/aromatic N) is 4. The molecule has 6 nitrogen and oxygen atoms in total. The van der Waals surface area contributed by atoms with Crippen LogP contribution in [0.15, 0.2) is 30.6 Å². The first-order valence-corrected chi connectivity index (χ1v) is 6.08. The molecule has 0 saturated heterocycles. The van der Waals surface area contributed by atoms with Crippen LogP contribution in [0.2, 0.25) is 0 Å². The Morgan fingerprint density at radius 1 is 1.30 bits per heavy atom. The maximum Gasteiger partial charge on any atom is 0.354 e. The van der Waals surface area contributed by atoms with Crippen LogP contribution in [0, 0.1) is 13.8 Å². The van der Waals surface area contributed by atoms with Crippen molar-refractivity contribution in [2.24, 2.45) is 0 Å². The molecule has 0 aliphatic carbocycles. The largest absolute Gasteiger partial charge is 0.477 e. The molecule has 0 aromatic carbocycles. The van der Waals surface area contributed by atoms with Crippen molar-refractivity contribution in [1.29, 1.82) is 0 Å². The first-order valence-electron chi connectivity index (χ1n) is 6.08. The van der Waals surface area contributed by atoms with Crippen LogP contribution in [0.1, 0.15) is 22.0 Å². The van der Waals surface area contributed by atoms with Gasteiger partial charge in [-0.25, -0.2) is 14.8 Å². The molecule has 0 radical (unpaired) electrons. The fraction of sp³-hybridized carbons (Fsp3) is 0.143. The van der Waals surface area contributed by atoms with Crippen molar-refractivity contribution in [2.45, 2.75) is 13.8 Å². The van der Waals surface area contributed by atoms with Crippen LogP contribution < -0.4 is 0 Å². The topological polar surface area (TPSA) is 80.4 Å². The van der Waals surface area contributed by atoms with E-state index in [-0.39, 0.29) is 5.69 Å². The summed E-state index contributed by atoms with van der Waals surface area (Å²) in [5, 5.41) is 9.26. The summed E-state index contributed by atoms with van der Waals surface area (Å²) in [6.45, 7) is 3.44. The van der Waals surface area contributed by atoms with Gasteiger partial charge in [0.05, 0.1) is 11.4 Å². The van der Waals surface area contributed by atoms with Crippen molar-refractivity contribution in [3.05, 3.63) is 47.8 Å². The highest BCUT2D eigenvalue weighted by Crippen LogP contribution is 2.21. The van der Waals surface area contributed by atoms with E-state index in [2.05, 4.69) is 15.0 Å². The van der Waals surface area contributed by atoms with Crippen LogP contribution in [0.5, 0.6) is 0 Å². The molecule has 6 heteroatoms. The zero-order chi connectivity index (χ0) is 14.3. The Morgan fingerprint density at radius 3 is 2.75 bits per heavy atom. The third-order valence-electron chi connectivity index (χ3n) is 3.11. The predicted octanol–water partition coefficient (Wildman–Crippen LogP) is 2.11. The Balaban J connectivity index is 2.29. The van der Waals surface area contributed by atoms with Crippen LogP contribution in [0.4, 0.5) is 0 Å². The molecular formula is C14H12N4O2. The zero-order valence-corrected chi connectivity index (χ0v) is 11.0. The molecule has 3 aromatic rings. The average molecular weight is 268 g/mol.